The summed E-state index contributed by atoms with van der Waals surface area (Å²) in [5.41, 5.74) is 1.06. The quantitative estimate of drug-likeness (QED) is 0.742. The Hall–Kier alpha value is -0.970. The molecular weight excluding hydrogens is 254 g/mol. The van der Waals surface area contributed by atoms with Crippen molar-refractivity contribution in [1.29, 1.82) is 0 Å². The van der Waals surface area contributed by atoms with Gasteiger partial charge in [0.05, 0.1) is 6.04 Å². The first-order valence-corrected chi connectivity index (χ1v) is 7.68. The minimum absolute atomic E-state index is 0.418. The molecule has 1 aromatic carbocycles. The molecule has 0 aliphatic carbocycles. The Kier molecular flexibility index (Phi) is 5.76. The lowest BCUT2D eigenvalue weighted by molar-refractivity contribution is 0.188. The molecule has 1 heterocycles. The van der Waals surface area contributed by atoms with Crippen molar-refractivity contribution in [2.24, 2.45) is 0 Å². The third-order valence-corrected chi connectivity index (χ3v) is 3.87. The van der Waals surface area contributed by atoms with Crippen LogP contribution in [0.4, 0.5) is 0 Å². The van der Waals surface area contributed by atoms with Gasteiger partial charge in [0.15, 0.2) is 0 Å². The summed E-state index contributed by atoms with van der Waals surface area (Å²) in [6.07, 6.45) is 6.38. The standard InChI is InChI=1S/C17H22ClN/c1-2-6-17(19-13-4-3-5-14-19)12-9-15-7-10-16(18)11-8-15/h7-8,10-11,17H,2-6,13-14H2,1H3. The molecule has 0 amide bonds. The lowest BCUT2D eigenvalue weighted by Crippen LogP contribution is -2.38. The van der Waals surface area contributed by atoms with Crippen molar-refractivity contribution in [1.82, 2.24) is 4.90 Å². The highest BCUT2D eigenvalue weighted by molar-refractivity contribution is 6.30. The van der Waals surface area contributed by atoms with Crippen LogP contribution in [-0.4, -0.2) is 24.0 Å². The van der Waals surface area contributed by atoms with Crippen LogP contribution in [0.25, 0.3) is 0 Å². The van der Waals surface area contributed by atoms with E-state index in [1.807, 2.05) is 24.3 Å². The summed E-state index contributed by atoms with van der Waals surface area (Å²) in [7, 11) is 0. The van der Waals surface area contributed by atoms with Gasteiger partial charge in [0.2, 0.25) is 0 Å². The van der Waals surface area contributed by atoms with Gasteiger partial charge in [0.25, 0.3) is 0 Å². The molecule has 1 aliphatic rings. The number of benzene rings is 1. The van der Waals surface area contributed by atoms with Crippen molar-refractivity contribution < 1.29 is 0 Å². The molecule has 0 spiro atoms. The minimum atomic E-state index is 0.418. The predicted octanol–water partition coefficient (Wildman–Crippen LogP) is 4.35. The first kappa shape index (κ1) is 14.4. The van der Waals surface area contributed by atoms with Crippen LogP contribution in [0, 0.1) is 11.8 Å². The summed E-state index contributed by atoms with van der Waals surface area (Å²) in [4.78, 5) is 2.55. The van der Waals surface area contributed by atoms with E-state index in [9.17, 15) is 0 Å². The van der Waals surface area contributed by atoms with Crippen molar-refractivity contribution in [2.45, 2.75) is 45.1 Å². The highest BCUT2D eigenvalue weighted by Crippen LogP contribution is 2.15. The van der Waals surface area contributed by atoms with Crippen molar-refractivity contribution in [3.05, 3.63) is 34.9 Å². The second-order valence-electron chi connectivity index (χ2n) is 5.18. The Morgan fingerprint density at radius 2 is 1.84 bits per heavy atom. The molecule has 0 aromatic heterocycles. The third-order valence-electron chi connectivity index (χ3n) is 3.62. The van der Waals surface area contributed by atoms with Gasteiger partial charge in [-0.25, -0.2) is 0 Å². The van der Waals surface area contributed by atoms with E-state index < -0.39 is 0 Å². The summed E-state index contributed by atoms with van der Waals surface area (Å²) in [6.45, 7) is 4.65. The van der Waals surface area contributed by atoms with Gasteiger partial charge in [0.1, 0.15) is 0 Å². The molecule has 1 aromatic rings. The minimum Gasteiger partial charge on any atom is -0.290 e. The Labute approximate surface area is 122 Å². The molecule has 0 saturated carbocycles. The van der Waals surface area contributed by atoms with E-state index in [2.05, 4.69) is 23.7 Å². The summed E-state index contributed by atoms with van der Waals surface area (Å²) in [5, 5.41) is 0.770. The molecule has 0 bridgehead atoms. The van der Waals surface area contributed by atoms with Crippen LogP contribution in [-0.2, 0) is 0 Å². The van der Waals surface area contributed by atoms with Crippen molar-refractivity contribution >= 4 is 11.6 Å². The smallest absolute Gasteiger partial charge is 0.0718 e. The van der Waals surface area contributed by atoms with Gasteiger partial charge in [-0.15, -0.1) is 0 Å². The van der Waals surface area contributed by atoms with Gasteiger partial charge in [-0.1, -0.05) is 43.2 Å². The zero-order valence-electron chi connectivity index (χ0n) is 11.7. The van der Waals surface area contributed by atoms with Gasteiger partial charge < -0.3 is 0 Å². The maximum atomic E-state index is 5.89. The average molecular weight is 276 g/mol. The van der Waals surface area contributed by atoms with Crippen LogP contribution in [0.3, 0.4) is 0 Å². The monoisotopic (exact) mass is 275 g/mol. The van der Waals surface area contributed by atoms with Crippen molar-refractivity contribution in [3.63, 3.8) is 0 Å². The molecule has 1 unspecified atom stereocenters. The van der Waals surface area contributed by atoms with Gasteiger partial charge in [-0.05, 0) is 56.6 Å². The zero-order chi connectivity index (χ0) is 13.5. The molecule has 102 valence electrons. The molecule has 0 N–H and O–H groups in total. The van der Waals surface area contributed by atoms with Gasteiger partial charge in [0, 0.05) is 10.6 Å². The van der Waals surface area contributed by atoms with E-state index in [4.69, 9.17) is 11.6 Å². The van der Waals surface area contributed by atoms with E-state index in [0.29, 0.717) is 6.04 Å². The van der Waals surface area contributed by atoms with Gasteiger partial charge in [-0.3, -0.25) is 4.90 Å². The van der Waals surface area contributed by atoms with Gasteiger partial charge in [-0.2, -0.15) is 0 Å². The maximum Gasteiger partial charge on any atom is 0.0718 e. The SMILES string of the molecule is CCCC(C#Cc1ccc(Cl)cc1)N1CCCCC1. The number of likely N-dealkylation sites (tertiary alicyclic amines) is 1. The molecule has 1 aliphatic heterocycles. The Morgan fingerprint density at radius 1 is 1.16 bits per heavy atom. The summed E-state index contributed by atoms with van der Waals surface area (Å²) < 4.78 is 0. The number of hydrogen-bond acceptors (Lipinski definition) is 1. The Balaban J connectivity index is 2.05. The molecule has 1 fully saturated rings. The number of piperidine rings is 1. The van der Waals surface area contributed by atoms with Crippen LogP contribution in [0.2, 0.25) is 5.02 Å². The molecule has 1 atom stereocenters. The second kappa shape index (κ2) is 7.58. The topological polar surface area (TPSA) is 3.24 Å². The normalized spacial score (nSPS) is 17.6. The zero-order valence-corrected chi connectivity index (χ0v) is 12.4. The van der Waals surface area contributed by atoms with Crippen LogP contribution in [0.15, 0.2) is 24.3 Å². The van der Waals surface area contributed by atoms with Gasteiger partial charge >= 0.3 is 0 Å². The summed E-state index contributed by atoms with van der Waals surface area (Å²) in [5.74, 6) is 6.76. The molecule has 1 nitrogen and oxygen atoms in total. The van der Waals surface area contributed by atoms with Crippen LogP contribution in [0.5, 0.6) is 0 Å². The Bertz CT molecular complexity index is 435. The fourth-order valence-electron chi connectivity index (χ4n) is 2.55. The number of nitrogens with zero attached hydrogens (tertiary/aromatic N) is 1. The maximum absolute atomic E-state index is 5.89. The van der Waals surface area contributed by atoms with Crippen LogP contribution in [0.1, 0.15) is 44.6 Å². The molecular formula is C17H22ClN. The summed E-state index contributed by atoms with van der Waals surface area (Å²) in [6, 6.07) is 8.21. The van der Waals surface area contributed by atoms with Crippen molar-refractivity contribution in [3.8, 4) is 11.8 Å². The largest absolute Gasteiger partial charge is 0.290 e. The highest BCUT2D eigenvalue weighted by Gasteiger charge is 2.17. The predicted molar refractivity (Wildman–Crippen MR) is 82.5 cm³/mol. The second-order valence-corrected chi connectivity index (χ2v) is 5.61. The third kappa shape index (κ3) is 4.56. The lowest BCUT2D eigenvalue weighted by Gasteiger charge is -2.31. The number of hydrogen-bond donors (Lipinski definition) is 0. The van der Waals surface area contributed by atoms with E-state index in [1.165, 1.54) is 45.2 Å². The number of halogens is 1. The average Bonchev–Trinajstić information content (AvgIpc) is 2.46. The van der Waals surface area contributed by atoms with Crippen LogP contribution < -0.4 is 0 Å². The molecule has 2 heteroatoms. The van der Waals surface area contributed by atoms with E-state index >= 15 is 0 Å². The molecule has 1 saturated heterocycles. The Morgan fingerprint density at radius 3 is 2.47 bits per heavy atom. The van der Waals surface area contributed by atoms with Crippen molar-refractivity contribution in [2.75, 3.05) is 13.1 Å². The number of rotatable bonds is 3. The van der Waals surface area contributed by atoms with E-state index in [1.54, 1.807) is 0 Å². The lowest BCUT2D eigenvalue weighted by atomic mass is 10.0. The highest BCUT2D eigenvalue weighted by atomic mass is 35.5. The first-order valence-electron chi connectivity index (χ1n) is 7.31. The fourth-order valence-corrected chi connectivity index (χ4v) is 2.68. The molecule has 19 heavy (non-hydrogen) atoms. The first-order chi connectivity index (χ1) is 9.29. The molecule has 2 rings (SSSR count). The summed E-state index contributed by atoms with van der Waals surface area (Å²) >= 11 is 5.89. The van der Waals surface area contributed by atoms with E-state index in [0.717, 1.165) is 10.6 Å². The molecule has 0 radical (unpaired) electrons. The van der Waals surface area contributed by atoms with Crippen LogP contribution >= 0.6 is 11.6 Å². The fraction of sp³-hybridized carbons (Fsp3) is 0.529. The van der Waals surface area contributed by atoms with E-state index in [-0.39, 0.29) is 0 Å².